The molecule has 2 rings (SSSR count). The van der Waals surface area contributed by atoms with Crippen LogP contribution in [-0.4, -0.2) is 18.6 Å². The fourth-order valence-electron chi connectivity index (χ4n) is 1.84. The molecule has 0 amide bonds. The van der Waals surface area contributed by atoms with E-state index >= 15 is 0 Å². The Bertz CT molecular complexity index is 682. The Morgan fingerprint density at radius 2 is 1.70 bits per heavy atom. The number of hydrogen-bond acceptors (Lipinski definition) is 4. The molecule has 0 radical (unpaired) electrons. The predicted molar refractivity (Wildman–Crippen MR) is 78.3 cm³/mol. The van der Waals surface area contributed by atoms with Gasteiger partial charge in [-0.2, -0.15) is 0 Å². The Morgan fingerprint density at radius 3 is 2.30 bits per heavy atom. The van der Waals surface area contributed by atoms with Gasteiger partial charge < -0.3 is 10.2 Å². The monoisotopic (exact) mass is 290 g/mol. The second kappa shape index (κ2) is 6.25. The van der Waals surface area contributed by atoms with Crippen molar-refractivity contribution in [2.45, 2.75) is 5.25 Å². The summed E-state index contributed by atoms with van der Waals surface area (Å²) in [7, 11) is -2.79. The van der Waals surface area contributed by atoms with E-state index in [0.717, 1.165) is 11.6 Å². The molecule has 0 bridgehead atoms. The van der Waals surface area contributed by atoms with Crippen molar-refractivity contribution in [3.05, 3.63) is 65.7 Å². The number of rotatable bonds is 4. The molecule has 0 saturated carbocycles. The SMILES string of the molecule is O=[SH](=O)C(C=Cc1ccccc1)c1ccc(O)cc1O. The molecule has 2 aromatic rings. The van der Waals surface area contributed by atoms with E-state index in [9.17, 15) is 18.6 Å². The van der Waals surface area contributed by atoms with Gasteiger partial charge >= 0.3 is 0 Å². The van der Waals surface area contributed by atoms with E-state index in [2.05, 4.69) is 0 Å². The summed E-state index contributed by atoms with van der Waals surface area (Å²) in [4.78, 5) is 0. The number of hydrogen-bond donors (Lipinski definition) is 3. The first-order valence-corrected chi connectivity index (χ1v) is 7.21. The molecule has 2 N–H and O–H groups in total. The summed E-state index contributed by atoms with van der Waals surface area (Å²) in [5, 5.41) is 18.0. The van der Waals surface area contributed by atoms with Gasteiger partial charge in [-0.1, -0.05) is 48.6 Å². The van der Waals surface area contributed by atoms with Gasteiger partial charge in [0, 0.05) is 11.6 Å². The Labute approximate surface area is 118 Å². The molecule has 0 fully saturated rings. The lowest BCUT2D eigenvalue weighted by atomic mass is 10.1. The zero-order valence-corrected chi connectivity index (χ0v) is 11.4. The number of phenols is 2. The molecule has 1 unspecified atom stereocenters. The Hall–Kier alpha value is -2.27. The molecule has 2 aromatic carbocycles. The lowest BCUT2D eigenvalue weighted by Crippen LogP contribution is -1.97. The van der Waals surface area contributed by atoms with Crippen LogP contribution in [0, 0.1) is 0 Å². The van der Waals surface area contributed by atoms with Crippen molar-refractivity contribution in [1.82, 2.24) is 0 Å². The molecule has 0 heterocycles. The molecular formula is C15H14O4S. The summed E-state index contributed by atoms with van der Waals surface area (Å²) in [6.45, 7) is 0. The Balaban J connectivity index is 2.35. The number of thiol groups is 1. The summed E-state index contributed by atoms with van der Waals surface area (Å²) in [5.41, 5.74) is 1.11. The van der Waals surface area contributed by atoms with Crippen LogP contribution in [0.15, 0.2) is 54.6 Å². The van der Waals surface area contributed by atoms with Gasteiger partial charge in [-0.25, -0.2) is 8.42 Å². The van der Waals surface area contributed by atoms with Crippen molar-refractivity contribution < 1.29 is 18.6 Å². The largest absolute Gasteiger partial charge is 0.508 e. The average Bonchev–Trinajstić information content (AvgIpc) is 2.42. The highest BCUT2D eigenvalue weighted by Crippen LogP contribution is 2.31. The van der Waals surface area contributed by atoms with Crippen molar-refractivity contribution in [3.8, 4) is 11.5 Å². The molecule has 20 heavy (non-hydrogen) atoms. The fourth-order valence-corrected chi connectivity index (χ4v) is 2.51. The summed E-state index contributed by atoms with van der Waals surface area (Å²) in [6.07, 6.45) is 3.19. The van der Waals surface area contributed by atoms with Crippen molar-refractivity contribution in [2.24, 2.45) is 0 Å². The van der Waals surface area contributed by atoms with Crippen LogP contribution >= 0.6 is 0 Å². The van der Waals surface area contributed by atoms with E-state index < -0.39 is 16.0 Å². The highest BCUT2D eigenvalue weighted by atomic mass is 32.2. The Morgan fingerprint density at radius 1 is 1.00 bits per heavy atom. The van der Waals surface area contributed by atoms with Crippen molar-refractivity contribution in [3.63, 3.8) is 0 Å². The Kier molecular flexibility index (Phi) is 4.42. The van der Waals surface area contributed by atoms with Gasteiger partial charge in [-0.05, 0) is 11.6 Å². The second-order valence-electron chi connectivity index (χ2n) is 4.24. The van der Waals surface area contributed by atoms with E-state index in [-0.39, 0.29) is 17.1 Å². The molecule has 0 aromatic heterocycles. The first-order chi connectivity index (χ1) is 9.58. The molecule has 4 nitrogen and oxygen atoms in total. The maximum absolute atomic E-state index is 11.4. The summed E-state index contributed by atoms with van der Waals surface area (Å²) < 4.78 is 22.7. The van der Waals surface area contributed by atoms with Crippen LogP contribution in [0.2, 0.25) is 0 Å². The van der Waals surface area contributed by atoms with Crippen LogP contribution in [0.5, 0.6) is 11.5 Å². The zero-order chi connectivity index (χ0) is 14.5. The minimum atomic E-state index is -2.79. The molecule has 0 aliphatic rings. The van der Waals surface area contributed by atoms with Gasteiger partial charge in [0.2, 0.25) is 0 Å². The normalized spacial score (nSPS) is 12.8. The minimum absolute atomic E-state index is 0.113. The van der Waals surface area contributed by atoms with Crippen LogP contribution < -0.4 is 0 Å². The van der Waals surface area contributed by atoms with Gasteiger partial charge in [0.05, 0.1) is 0 Å². The molecule has 1 atom stereocenters. The zero-order valence-electron chi connectivity index (χ0n) is 10.5. The number of benzene rings is 2. The first kappa shape index (κ1) is 14.1. The molecular weight excluding hydrogens is 276 g/mol. The molecule has 5 heteroatoms. The standard InChI is InChI=1S/C15H14O4S/c16-12-7-8-13(14(17)10-12)15(20(18)19)9-6-11-4-2-1-3-5-11/h1-10,15-17,20H. The van der Waals surface area contributed by atoms with Crippen LogP contribution in [0.1, 0.15) is 16.4 Å². The van der Waals surface area contributed by atoms with E-state index in [1.807, 2.05) is 30.3 Å². The molecule has 0 aliphatic heterocycles. The third kappa shape index (κ3) is 3.39. The van der Waals surface area contributed by atoms with Crippen molar-refractivity contribution >= 4 is 16.8 Å². The molecule has 0 aliphatic carbocycles. The predicted octanol–water partition coefficient (Wildman–Crippen LogP) is 2.46. The van der Waals surface area contributed by atoms with Crippen LogP contribution in [0.25, 0.3) is 6.08 Å². The maximum atomic E-state index is 11.4. The summed E-state index contributed by atoms with van der Waals surface area (Å²) in [6, 6.07) is 13.1. The van der Waals surface area contributed by atoms with Gasteiger partial charge in [-0.15, -0.1) is 0 Å². The lowest BCUT2D eigenvalue weighted by Gasteiger charge is -2.08. The summed E-state index contributed by atoms with van der Waals surface area (Å²) in [5.74, 6) is -0.356. The van der Waals surface area contributed by atoms with Crippen LogP contribution in [-0.2, 0) is 10.7 Å². The van der Waals surface area contributed by atoms with E-state index in [4.69, 9.17) is 0 Å². The fraction of sp³-hybridized carbons (Fsp3) is 0.0667. The molecule has 0 saturated heterocycles. The quantitative estimate of drug-likeness (QED) is 0.756. The highest BCUT2D eigenvalue weighted by Gasteiger charge is 2.15. The van der Waals surface area contributed by atoms with Crippen LogP contribution in [0.3, 0.4) is 0 Å². The summed E-state index contributed by atoms with van der Waals surface area (Å²) >= 11 is 0. The average molecular weight is 290 g/mol. The first-order valence-electron chi connectivity index (χ1n) is 5.96. The van der Waals surface area contributed by atoms with Gasteiger partial charge in [-0.3, -0.25) is 0 Å². The topological polar surface area (TPSA) is 74.6 Å². The number of aromatic hydroxyl groups is 2. The minimum Gasteiger partial charge on any atom is -0.508 e. The van der Waals surface area contributed by atoms with Crippen LogP contribution in [0.4, 0.5) is 0 Å². The molecule has 0 spiro atoms. The van der Waals surface area contributed by atoms with Gasteiger partial charge in [0.25, 0.3) is 0 Å². The van der Waals surface area contributed by atoms with Gasteiger partial charge in [0.15, 0.2) is 10.7 Å². The van der Waals surface area contributed by atoms with Crippen molar-refractivity contribution in [2.75, 3.05) is 0 Å². The van der Waals surface area contributed by atoms with Crippen molar-refractivity contribution in [1.29, 1.82) is 0 Å². The lowest BCUT2D eigenvalue weighted by molar-refractivity contribution is 0.446. The number of phenolic OH excluding ortho intramolecular Hbond substituents is 2. The van der Waals surface area contributed by atoms with Gasteiger partial charge in [0.1, 0.15) is 16.7 Å². The second-order valence-corrected chi connectivity index (χ2v) is 5.37. The third-order valence-electron chi connectivity index (χ3n) is 2.83. The molecule has 104 valence electrons. The van der Waals surface area contributed by atoms with E-state index in [1.54, 1.807) is 6.08 Å². The maximum Gasteiger partial charge on any atom is 0.150 e. The van der Waals surface area contributed by atoms with E-state index in [0.29, 0.717) is 0 Å². The highest BCUT2D eigenvalue weighted by molar-refractivity contribution is 7.73. The smallest absolute Gasteiger partial charge is 0.150 e. The third-order valence-corrected chi connectivity index (χ3v) is 3.73. The van der Waals surface area contributed by atoms with E-state index in [1.165, 1.54) is 18.2 Å².